The van der Waals surface area contributed by atoms with Gasteiger partial charge in [-0.3, -0.25) is 0 Å². The fourth-order valence-electron chi connectivity index (χ4n) is 2.16. The SMILES string of the molecule is CCCC(C)NS(=O)(=O)c1ccc(Nc2ccc(F)c(Cl)c2)nc1. The highest BCUT2D eigenvalue weighted by molar-refractivity contribution is 7.89. The highest BCUT2D eigenvalue weighted by atomic mass is 35.5. The fraction of sp³-hybridized carbons (Fsp3) is 0.312. The minimum absolute atomic E-state index is 0.00619. The van der Waals surface area contributed by atoms with E-state index in [4.69, 9.17) is 11.6 Å². The maximum atomic E-state index is 13.1. The predicted molar refractivity (Wildman–Crippen MR) is 93.6 cm³/mol. The molecule has 2 N–H and O–H groups in total. The van der Waals surface area contributed by atoms with Crippen LogP contribution in [0.15, 0.2) is 41.4 Å². The number of benzene rings is 1. The van der Waals surface area contributed by atoms with Gasteiger partial charge in [0.25, 0.3) is 0 Å². The van der Waals surface area contributed by atoms with Crippen LogP contribution in [0.25, 0.3) is 0 Å². The average molecular weight is 372 g/mol. The molecule has 5 nitrogen and oxygen atoms in total. The van der Waals surface area contributed by atoms with Gasteiger partial charge in [-0.1, -0.05) is 24.9 Å². The summed E-state index contributed by atoms with van der Waals surface area (Å²) in [5.74, 6) is -0.0814. The van der Waals surface area contributed by atoms with Crippen LogP contribution in [-0.2, 0) is 10.0 Å². The van der Waals surface area contributed by atoms with Crippen LogP contribution in [0.3, 0.4) is 0 Å². The van der Waals surface area contributed by atoms with Crippen LogP contribution in [0.1, 0.15) is 26.7 Å². The van der Waals surface area contributed by atoms with Crippen molar-refractivity contribution in [2.75, 3.05) is 5.32 Å². The molecule has 1 unspecified atom stereocenters. The topological polar surface area (TPSA) is 71.1 Å². The van der Waals surface area contributed by atoms with Gasteiger partial charge >= 0.3 is 0 Å². The Bertz CT molecular complexity index is 797. The first kappa shape index (κ1) is 18.6. The molecule has 2 rings (SSSR count). The van der Waals surface area contributed by atoms with E-state index in [0.29, 0.717) is 11.5 Å². The molecule has 130 valence electrons. The molecule has 0 aliphatic heterocycles. The molecule has 8 heteroatoms. The van der Waals surface area contributed by atoms with Crippen LogP contribution in [0.2, 0.25) is 5.02 Å². The number of pyridine rings is 1. The fourth-order valence-corrected chi connectivity index (χ4v) is 3.56. The van der Waals surface area contributed by atoms with Crippen LogP contribution >= 0.6 is 11.6 Å². The zero-order chi connectivity index (χ0) is 17.7. The summed E-state index contributed by atoms with van der Waals surface area (Å²) in [5, 5.41) is 2.93. The van der Waals surface area contributed by atoms with Crippen LogP contribution < -0.4 is 10.0 Å². The first-order valence-electron chi connectivity index (χ1n) is 7.52. The maximum Gasteiger partial charge on any atom is 0.242 e. The third-order valence-electron chi connectivity index (χ3n) is 3.32. The molecule has 1 atom stereocenters. The van der Waals surface area contributed by atoms with Gasteiger partial charge in [-0.25, -0.2) is 22.5 Å². The second kappa shape index (κ2) is 7.92. The number of rotatable bonds is 7. The Balaban J connectivity index is 2.11. The number of nitrogens with one attached hydrogen (secondary N) is 2. The van der Waals surface area contributed by atoms with Crippen molar-refractivity contribution < 1.29 is 12.8 Å². The molecular weight excluding hydrogens is 353 g/mol. The molecule has 0 fully saturated rings. The van der Waals surface area contributed by atoms with E-state index in [9.17, 15) is 12.8 Å². The molecule has 0 bridgehead atoms. The number of halogens is 2. The van der Waals surface area contributed by atoms with Gasteiger partial charge in [0.2, 0.25) is 10.0 Å². The molecule has 0 saturated carbocycles. The van der Waals surface area contributed by atoms with Crippen molar-refractivity contribution in [3.8, 4) is 0 Å². The summed E-state index contributed by atoms with van der Waals surface area (Å²) in [4.78, 5) is 4.17. The Labute approximate surface area is 146 Å². The second-order valence-electron chi connectivity index (χ2n) is 5.44. The van der Waals surface area contributed by atoms with Crippen molar-refractivity contribution in [3.63, 3.8) is 0 Å². The smallest absolute Gasteiger partial charge is 0.242 e. The van der Waals surface area contributed by atoms with E-state index in [1.165, 1.54) is 36.5 Å². The summed E-state index contributed by atoms with van der Waals surface area (Å²) in [7, 11) is -3.59. The number of aromatic nitrogens is 1. The summed E-state index contributed by atoms with van der Waals surface area (Å²) in [6, 6.07) is 7.04. The summed E-state index contributed by atoms with van der Waals surface area (Å²) >= 11 is 5.72. The zero-order valence-corrected chi connectivity index (χ0v) is 15.0. The lowest BCUT2D eigenvalue weighted by atomic mass is 10.2. The van der Waals surface area contributed by atoms with Crippen molar-refractivity contribution in [2.24, 2.45) is 0 Å². The van der Waals surface area contributed by atoms with Crippen molar-refractivity contribution in [1.29, 1.82) is 0 Å². The molecule has 0 saturated heterocycles. The van der Waals surface area contributed by atoms with Crippen molar-refractivity contribution in [2.45, 2.75) is 37.6 Å². The van der Waals surface area contributed by atoms with Gasteiger partial charge in [0.15, 0.2) is 0 Å². The first-order valence-corrected chi connectivity index (χ1v) is 9.38. The van der Waals surface area contributed by atoms with Crippen LogP contribution in [0.4, 0.5) is 15.9 Å². The van der Waals surface area contributed by atoms with E-state index in [1.54, 1.807) is 0 Å². The standard InChI is InChI=1S/C16H19ClFN3O2S/c1-3-4-11(2)21-24(22,23)13-6-8-16(19-10-13)20-12-5-7-15(18)14(17)9-12/h5-11,21H,3-4H2,1-2H3,(H,19,20). The van der Waals surface area contributed by atoms with Gasteiger partial charge in [-0.2, -0.15) is 0 Å². The van der Waals surface area contributed by atoms with Gasteiger partial charge in [0, 0.05) is 17.9 Å². The van der Waals surface area contributed by atoms with Crippen LogP contribution in [-0.4, -0.2) is 19.4 Å². The van der Waals surface area contributed by atoms with Crippen molar-refractivity contribution >= 4 is 33.1 Å². The molecule has 1 aromatic heterocycles. The molecule has 24 heavy (non-hydrogen) atoms. The summed E-state index contributed by atoms with van der Waals surface area (Å²) in [6.07, 6.45) is 2.93. The van der Waals surface area contributed by atoms with Gasteiger partial charge in [0.05, 0.1) is 5.02 Å². The first-order chi connectivity index (χ1) is 11.3. The largest absolute Gasteiger partial charge is 0.340 e. The third-order valence-corrected chi connectivity index (χ3v) is 5.18. The molecule has 0 aliphatic rings. The zero-order valence-electron chi connectivity index (χ0n) is 13.4. The van der Waals surface area contributed by atoms with Crippen LogP contribution in [0, 0.1) is 5.82 Å². The lowest BCUT2D eigenvalue weighted by Crippen LogP contribution is -2.32. The van der Waals surface area contributed by atoms with Gasteiger partial charge in [-0.15, -0.1) is 0 Å². The molecule has 0 amide bonds. The maximum absolute atomic E-state index is 13.1. The van der Waals surface area contributed by atoms with E-state index in [0.717, 1.165) is 12.8 Å². The number of nitrogens with zero attached hydrogens (tertiary/aromatic N) is 1. The van der Waals surface area contributed by atoms with Crippen molar-refractivity contribution in [3.05, 3.63) is 47.4 Å². The lowest BCUT2D eigenvalue weighted by Gasteiger charge is -2.13. The highest BCUT2D eigenvalue weighted by Crippen LogP contribution is 2.22. The summed E-state index contributed by atoms with van der Waals surface area (Å²) in [5.41, 5.74) is 0.555. The third kappa shape index (κ3) is 4.90. The predicted octanol–water partition coefficient (Wildman–Crippen LogP) is 4.08. The number of anilines is 2. The number of hydrogen-bond donors (Lipinski definition) is 2. The average Bonchev–Trinajstić information content (AvgIpc) is 2.51. The monoisotopic (exact) mass is 371 g/mol. The van der Waals surface area contributed by atoms with E-state index >= 15 is 0 Å². The molecule has 0 aliphatic carbocycles. The van der Waals surface area contributed by atoms with Crippen molar-refractivity contribution in [1.82, 2.24) is 9.71 Å². The van der Waals surface area contributed by atoms with Gasteiger partial charge in [0.1, 0.15) is 16.5 Å². The van der Waals surface area contributed by atoms with E-state index in [1.807, 2.05) is 13.8 Å². The Hall–Kier alpha value is -1.70. The van der Waals surface area contributed by atoms with E-state index in [2.05, 4.69) is 15.0 Å². The Morgan fingerprint density at radius 2 is 2.04 bits per heavy atom. The van der Waals surface area contributed by atoms with E-state index in [-0.39, 0.29) is 16.0 Å². The lowest BCUT2D eigenvalue weighted by molar-refractivity contribution is 0.543. The summed E-state index contributed by atoms with van der Waals surface area (Å²) < 4.78 is 40.2. The quantitative estimate of drug-likeness (QED) is 0.769. The number of sulfonamides is 1. The molecule has 1 heterocycles. The molecular formula is C16H19ClFN3O2S. The van der Waals surface area contributed by atoms with Gasteiger partial charge in [-0.05, 0) is 43.7 Å². The normalized spacial score (nSPS) is 12.8. The second-order valence-corrected chi connectivity index (χ2v) is 7.57. The highest BCUT2D eigenvalue weighted by Gasteiger charge is 2.17. The minimum atomic E-state index is -3.59. The Morgan fingerprint density at radius 1 is 1.29 bits per heavy atom. The van der Waals surface area contributed by atoms with Gasteiger partial charge < -0.3 is 5.32 Å². The summed E-state index contributed by atoms with van der Waals surface area (Å²) in [6.45, 7) is 3.82. The number of hydrogen-bond acceptors (Lipinski definition) is 4. The molecule has 0 spiro atoms. The molecule has 2 aromatic rings. The van der Waals surface area contributed by atoms with Crippen LogP contribution in [0.5, 0.6) is 0 Å². The molecule has 0 radical (unpaired) electrons. The van der Waals surface area contributed by atoms with E-state index < -0.39 is 15.8 Å². The Kier molecular flexibility index (Phi) is 6.15. The minimum Gasteiger partial charge on any atom is -0.340 e. The molecule has 1 aromatic carbocycles. The Morgan fingerprint density at radius 3 is 2.62 bits per heavy atom.